The van der Waals surface area contributed by atoms with E-state index in [1.165, 1.54) is 64.2 Å². The van der Waals surface area contributed by atoms with E-state index in [0.29, 0.717) is 6.04 Å². The lowest BCUT2D eigenvalue weighted by Crippen LogP contribution is -2.19. The van der Waals surface area contributed by atoms with Crippen LogP contribution in [0.2, 0.25) is 0 Å². The van der Waals surface area contributed by atoms with Crippen LogP contribution in [0.5, 0.6) is 0 Å². The molecular formula is C13H27N. The van der Waals surface area contributed by atoms with E-state index in [-0.39, 0.29) is 0 Å². The van der Waals surface area contributed by atoms with E-state index in [2.05, 4.69) is 6.92 Å². The Labute approximate surface area is 89.5 Å². The second-order valence-corrected chi connectivity index (χ2v) is 5.14. The molecule has 0 heterocycles. The van der Waals surface area contributed by atoms with E-state index in [4.69, 9.17) is 5.73 Å². The lowest BCUT2D eigenvalue weighted by molar-refractivity contribution is 0.407. The van der Waals surface area contributed by atoms with Crippen molar-refractivity contribution in [2.75, 3.05) is 0 Å². The van der Waals surface area contributed by atoms with E-state index in [9.17, 15) is 0 Å². The van der Waals surface area contributed by atoms with Crippen LogP contribution in [0.1, 0.15) is 71.1 Å². The van der Waals surface area contributed by atoms with Crippen LogP contribution in [0.25, 0.3) is 0 Å². The Morgan fingerprint density at radius 1 is 0.714 bits per heavy atom. The lowest BCUT2D eigenvalue weighted by atomic mass is 9.93. The van der Waals surface area contributed by atoms with Gasteiger partial charge in [0.15, 0.2) is 0 Å². The van der Waals surface area contributed by atoms with Crippen LogP contribution in [0, 0.1) is 5.92 Å². The van der Waals surface area contributed by atoms with E-state index in [1.807, 2.05) is 0 Å². The number of nitrogens with two attached hydrogens (primary N) is 1. The predicted octanol–water partition coefficient (Wildman–Crippen LogP) is 3.86. The molecule has 0 bridgehead atoms. The third kappa shape index (κ3) is 5.64. The van der Waals surface area contributed by atoms with E-state index in [0.717, 1.165) is 5.92 Å². The van der Waals surface area contributed by atoms with Gasteiger partial charge in [-0.2, -0.15) is 0 Å². The minimum atomic E-state index is 0.492. The first-order valence-electron chi connectivity index (χ1n) is 6.54. The standard InChI is InChI=1S/C13H27N/c1-12-8-4-2-6-10-13(14)11-7-3-5-9-12/h12-13H,2-11,14H2,1H3. The molecule has 1 saturated carbocycles. The van der Waals surface area contributed by atoms with Crippen molar-refractivity contribution < 1.29 is 0 Å². The number of hydrogen-bond donors (Lipinski definition) is 1. The van der Waals surface area contributed by atoms with Gasteiger partial charge in [-0.15, -0.1) is 0 Å². The zero-order chi connectivity index (χ0) is 10.2. The summed E-state index contributed by atoms with van der Waals surface area (Å²) in [6.45, 7) is 2.41. The quantitative estimate of drug-likeness (QED) is 0.627. The molecule has 0 atom stereocenters. The van der Waals surface area contributed by atoms with Crippen molar-refractivity contribution in [1.82, 2.24) is 0 Å². The fourth-order valence-corrected chi connectivity index (χ4v) is 2.44. The Morgan fingerprint density at radius 3 is 1.64 bits per heavy atom. The van der Waals surface area contributed by atoms with Crippen molar-refractivity contribution in [3.8, 4) is 0 Å². The Balaban J connectivity index is 2.19. The van der Waals surface area contributed by atoms with Crippen LogP contribution in [-0.4, -0.2) is 6.04 Å². The zero-order valence-electron chi connectivity index (χ0n) is 9.80. The van der Waals surface area contributed by atoms with Crippen LogP contribution >= 0.6 is 0 Å². The van der Waals surface area contributed by atoms with Gasteiger partial charge in [-0.1, -0.05) is 58.3 Å². The minimum absolute atomic E-state index is 0.492. The molecule has 0 aromatic heterocycles. The molecule has 0 aromatic rings. The molecule has 1 aliphatic carbocycles. The monoisotopic (exact) mass is 197 g/mol. The molecular weight excluding hydrogens is 170 g/mol. The first-order valence-corrected chi connectivity index (χ1v) is 6.54. The van der Waals surface area contributed by atoms with Gasteiger partial charge in [0, 0.05) is 6.04 Å². The van der Waals surface area contributed by atoms with Gasteiger partial charge in [-0.05, 0) is 18.8 Å². The van der Waals surface area contributed by atoms with E-state index >= 15 is 0 Å². The Morgan fingerprint density at radius 2 is 1.14 bits per heavy atom. The predicted molar refractivity (Wildman–Crippen MR) is 63.3 cm³/mol. The SMILES string of the molecule is CC1CCCCCC(N)CCCCC1. The van der Waals surface area contributed by atoms with Crippen molar-refractivity contribution >= 4 is 0 Å². The Bertz CT molecular complexity index is 105. The zero-order valence-corrected chi connectivity index (χ0v) is 9.80. The summed E-state index contributed by atoms with van der Waals surface area (Å²) >= 11 is 0. The molecule has 84 valence electrons. The van der Waals surface area contributed by atoms with Crippen LogP contribution in [0.4, 0.5) is 0 Å². The molecule has 0 aromatic carbocycles. The molecule has 0 radical (unpaired) electrons. The normalized spacial score (nSPS) is 33.0. The molecule has 1 aliphatic rings. The summed E-state index contributed by atoms with van der Waals surface area (Å²) in [5, 5.41) is 0. The minimum Gasteiger partial charge on any atom is -0.328 e. The highest BCUT2D eigenvalue weighted by Gasteiger charge is 2.06. The van der Waals surface area contributed by atoms with Crippen molar-refractivity contribution in [2.45, 2.75) is 77.2 Å². The summed E-state index contributed by atoms with van der Waals surface area (Å²) in [5.41, 5.74) is 6.04. The largest absolute Gasteiger partial charge is 0.328 e. The maximum Gasteiger partial charge on any atom is 0.00388 e. The smallest absolute Gasteiger partial charge is 0.00388 e. The molecule has 14 heavy (non-hydrogen) atoms. The van der Waals surface area contributed by atoms with Crippen molar-refractivity contribution in [1.29, 1.82) is 0 Å². The van der Waals surface area contributed by atoms with Gasteiger partial charge in [-0.3, -0.25) is 0 Å². The fourth-order valence-electron chi connectivity index (χ4n) is 2.44. The molecule has 1 nitrogen and oxygen atoms in total. The van der Waals surface area contributed by atoms with Crippen molar-refractivity contribution in [2.24, 2.45) is 11.7 Å². The number of hydrogen-bond acceptors (Lipinski definition) is 1. The summed E-state index contributed by atoms with van der Waals surface area (Å²) in [4.78, 5) is 0. The van der Waals surface area contributed by atoms with Crippen molar-refractivity contribution in [3.63, 3.8) is 0 Å². The van der Waals surface area contributed by atoms with Gasteiger partial charge < -0.3 is 5.73 Å². The Kier molecular flexibility index (Phi) is 6.25. The van der Waals surface area contributed by atoms with E-state index in [1.54, 1.807) is 0 Å². The number of rotatable bonds is 0. The topological polar surface area (TPSA) is 26.0 Å². The summed E-state index contributed by atoms with van der Waals surface area (Å²) < 4.78 is 0. The van der Waals surface area contributed by atoms with Crippen LogP contribution in [0.15, 0.2) is 0 Å². The molecule has 0 aliphatic heterocycles. The summed E-state index contributed by atoms with van der Waals surface area (Å²) in [6.07, 6.45) is 13.8. The molecule has 0 amide bonds. The maximum atomic E-state index is 6.04. The molecule has 1 heteroatoms. The highest BCUT2D eigenvalue weighted by molar-refractivity contribution is 4.64. The Hall–Kier alpha value is -0.0400. The average molecular weight is 197 g/mol. The van der Waals surface area contributed by atoms with Gasteiger partial charge in [0.05, 0.1) is 0 Å². The van der Waals surface area contributed by atoms with Gasteiger partial charge >= 0.3 is 0 Å². The summed E-state index contributed by atoms with van der Waals surface area (Å²) in [5.74, 6) is 0.961. The lowest BCUT2D eigenvalue weighted by Gasteiger charge is -2.15. The molecule has 0 unspecified atom stereocenters. The summed E-state index contributed by atoms with van der Waals surface area (Å²) in [6, 6.07) is 0.492. The first-order chi connectivity index (χ1) is 6.79. The second kappa shape index (κ2) is 7.28. The third-order valence-corrected chi connectivity index (χ3v) is 3.54. The van der Waals surface area contributed by atoms with E-state index < -0.39 is 0 Å². The first kappa shape index (κ1) is 12.0. The van der Waals surface area contributed by atoms with Crippen LogP contribution in [0.3, 0.4) is 0 Å². The fraction of sp³-hybridized carbons (Fsp3) is 1.00. The van der Waals surface area contributed by atoms with Crippen LogP contribution < -0.4 is 5.73 Å². The van der Waals surface area contributed by atoms with Crippen LogP contribution in [-0.2, 0) is 0 Å². The second-order valence-electron chi connectivity index (χ2n) is 5.14. The third-order valence-electron chi connectivity index (χ3n) is 3.54. The molecule has 2 N–H and O–H groups in total. The molecule has 0 spiro atoms. The molecule has 1 rings (SSSR count). The van der Waals surface area contributed by atoms with Gasteiger partial charge in [0.1, 0.15) is 0 Å². The summed E-state index contributed by atoms with van der Waals surface area (Å²) in [7, 11) is 0. The molecule has 1 fully saturated rings. The average Bonchev–Trinajstić information content (AvgIpc) is 2.14. The maximum absolute atomic E-state index is 6.04. The van der Waals surface area contributed by atoms with Gasteiger partial charge in [0.2, 0.25) is 0 Å². The van der Waals surface area contributed by atoms with Gasteiger partial charge in [-0.25, -0.2) is 0 Å². The van der Waals surface area contributed by atoms with Gasteiger partial charge in [0.25, 0.3) is 0 Å². The van der Waals surface area contributed by atoms with Crippen molar-refractivity contribution in [3.05, 3.63) is 0 Å². The highest BCUT2D eigenvalue weighted by Crippen LogP contribution is 2.19. The highest BCUT2D eigenvalue weighted by atomic mass is 14.6. The molecule has 0 saturated heterocycles.